The number of hydrogen-bond acceptors (Lipinski definition) is 5. The number of ether oxygens (including phenoxy) is 2. The molecule has 28 heavy (non-hydrogen) atoms. The van der Waals surface area contributed by atoms with Gasteiger partial charge in [0, 0.05) is 36.8 Å². The second-order valence-electron chi connectivity index (χ2n) is 6.86. The van der Waals surface area contributed by atoms with Crippen molar-refractivity contribution >= 4 is 11.8 Å². The number of H-pyrrole nitrogens is 1. The van der Waals surface area contributed by atoms with Gasteiger partial charge in [-0.2, -0.15) is 0 Å². The minimum atomic E-state index is -0.388. The predicted octanol–water partition coefficient (Wildman–Crippen LogP) is 4.35. The van der Waals surface area contributed by atoms with E-state index in [0.717, 1.165) is 27.7 Å². The van der Waals surface area contributed by atoms with Gasteiger partial charge >= 0.3 is 0 Å². The third-order valence-corrected chi connectivity index (χ3v) is 5.81. The topological polar surface area (TPSA) is 67.4 Å². The second-order valence-corrected chi connectivity index (χ2v) is 7.87. The molecule has 1 saturated heterocycles. The van der Waals surface area contributed by atoms with Crippen LogP contribution in [0.25, 0.3) is 22.5 Å². The Morgan fingerprint density at radius 1 is 1.07 bits per heavy atom. The smallest absolute Gasteiger partial charge is 0.166 e. The number of rotatable bonds is 6. The Kier molecular flexibility index (Phi) is 6.12. The monoisotopic (exact) mass is 396 g/mol. The SMILES string of the molecule is CO[C@@H]1C[C@H](O)C[C@H](CSc2nc(-c3ccccc3)c(-c3ccccc3)[nH]2)O1. The molecule has 146 valence electrons. The first-order valence-corrected chi connectivity index (χ1v) is 10.4. The maximum atomic E-state index is 10.0. The summed E-state index contributed by atoms with van der Waals surface area (Å²) in [6, 6.07) is 20.4. The van der Waals surface area contributed by atoms with Crippen LogP contribution in [0.2, 0.25) is 0 Å². The lowest BCUT2D eigenvalue weighted by molar-refractivity contribution is -0.197. The average Bonchev–Trinajstić information content (AvgIpc) is 3.17. The molecule has 2 heterocycles. The van der Waals surface area contributed by atoms with Crippen molar-refractivity contribution in [1.29, 1.82) is 0 Å². The van der Waals surface area contributed by atoms with E-state index in [1.807, 2.05) is 36.4 Å². The highest BCUT2D eigenvalue weighted by molar-refractivity contribution is 7.99. The summed E-state index contributed by atoms with van der Waals surface area (Å²) in [6.45, 7) is 0. The number of imidazole rings is 1. The lowest BCUT2D eigenvalue weighted by Crippen LogP contribution is -2.37. The molecule has 0 amide bonds. The lowest BCUT2D eigenvalue weighted by Gasteiger charge is -2.31. The van der Waals surface area contributed by atoms with Gasteiger partial charge in [0.1, 0.15) is 0 Å². The molecule has 3 aromatic rings. The first-order chi connectivity index (χ1) is 13.7. The van der Waals surface area contributed by atoms with Crippen molar-refractivity contribution in [2.75, 3.05) is 12.9 Å². The molecular formula is C22H24N2O3S. The number of aromatic amines is 1. The molecule has 2 N–H and O–H groups in total. The van der Waals surface area contributed by atoms with Gasteiger partial charge in [-0.05, 0) is 0 Å². The van der Waals surface area contributed by atoms with Gasteiger partial charge in [-0.3, -0.25) is 0 Å². The summed E-state index contributed by atoms with van der Waals surface area (Å²) >= 11 is 1.61. The molecule has 0 radical (unpaired) electrons. The van der Waals surface area contributed by atoms with Crippen molar-refractivity contribution in [3.8, 4) is 22.5 Å². The fraction of sp³-hybridized carbons (Fsp3) is 0.318. The zero-order valence-electron chi connectivity index (χ0n) is 15.7. The third-order valence-electron chi connectivity index (χ3n) is 4.80. The van der Waals surface area contributed by atoms with Gasteiger partial charge in [0.25, 0.3) is 0 Å². The van der Waals surface area contributed by atoms with E-state index in [-0.39, 0.29) is 18.5 Å². The minimum absolute atomic E-state index is 0.0656. The van der Waals surface area contributed by atoms with Crippen molar-refractivity contribution in [2.24, 2.45) is 0 Å². The highest BCUT2D eigenvalue weighted by Crippen LogP contribution is 2.33. The Hall–Kier alpha value is -2.12. The second kappa shape index (κ2) is 8.92. The number of aliphatic hydroxyl groups is 1. The molecule has 0 saturated carbocycles. The largest absolute Gasteiger partial charge is 0.393 e. The molecule has 0 spiro atoms. The summed E-state index contributed by atoms with van der Waals surface area (Å²) in [5.41, 5.74) is 4.13. The summed E-state index contributed by atoms with van der Waals surface area (Å²) in [5, 5.41) is 10.9. The standard InChI is InChI=1S/C22H24N2O3S/c1-26-19-13-17(25)12-18(27-19)14-28-22-23-20(15-8-4-2-5-9-15)21(24-22)16-10-6-3-7-11-16/h2-11,17-19,25H,12-14H2,1H3,(H,23,24)/t17-,18-,19+/m1/s1. The Bertz CT molecular complexity index is 828. The van der Waals surface area contributed by atoms with Crippen LogP contribution < -0.4 is 0 Å². The van der Waals surface area contributed by atoms with E-state index in [9.17, 15) is 5.11 Å². The normalized spacial score (nSPS) is 22.3. The number of thioether (sulfide) groups is 1. The van der Waals surface area contributed by atoms with E-state index >= 15 is 0 Å². The van der Waals surface area contributed by atoms with Crippen LogP contribution in [0.4, 0.5) is 0 Å². The fourth-order valence-corrected chi connectivity index (χ4v) is 4.31. The van der Waals surface area contributed by atoms with E-state index in [1.54, 1.807) is 18.9 Å². The van der Waals surface area contributed by atoms with Gasteiger partial charge in [0.05, 0.1) is 23.6 Å². The zero-order valence-corrected chi connectivity index (χ0v) is 16.6. The maximum absolute atomic E-state index is 10.0. The van der Waals surface area contributed by atoms with Gasteiger partial charge in [0.15, 0.2) is 11.4 Å². The number of hydrogen-bond donors (Lipinski definition) is 2. The van der Waals surface area contributed by atoms with E-state index in [2.05, 4.69) is 29.2 Å². The first-order valence-electron chi connectivity index (χ1n) is 9.43. The minimum Gasteiger partial charge on any atom is -0.393 e. The molecule has 1 fully saturated rings. The summed E-state index contributed by atoms with van der Waals surface area (Å²) in [6.07, 6.45) is 0.342. The average molecular weight is 397 g/mol. The van der Waals surface area contributed by atoms with Crippen LogP contribution in [0.15, 0.2) is 65.8 Å². The van der Waals surface area contributed by atoms with Crippen LogP contribution in [-0.4, -0.2) is 46.4 Å². The molecule has 1 aromatic heterocycles. The van der Waals surface area contributed by atoms with Crippen LogP contribution >= 0.6 is 11.8 Å². The molecule has 3 atom stereocenters. The summed E-state index contributed by atoms with van der Waals surface area (Å²) in [7, 11) is 1.61. The molecule has 0 bridgehead atoms. The van der Waals surface area contributed by atoms with Crippen molar-refractivity contribution in [3.63, 3.8) is 0 Å². The van der Waals surface area contributed by atoms with Gasteiger partial charge < -0.3 is 19.6 Å². The van der Waals surface area contributed by atoms with E-state index in [1.165, 1.54) is 0 Å². The fourth-order valence-electron chi connectivity index (χ4n) is 3.42. The number of aliphatic hydroxyl groups excluding tert-OH is 1. The maximum Gasteiger partial charge on any atom is 0.166 e. The number of benzene rings is 2. The molecule has 1 aliphatic heterocycles. The number of nitrogens with one attached hydrogen (secondary N) is 1. The molecule has 4 rings (SSSR count). The third kappa shape index (κ3) is 4.47. The molecule has 0 unspecified atom stereocenters. The Labute approximate surface area is 169 Å². The summed E-state index contributed by atoms with van der Waals surface area (Å²) in [4.78, 5) is 8.33. The molecule has 1 aliphatic rings. The first kappa shape index (κ1) is 19.2. The molecule has 0 aliphatic carbocycles. The van der Waals surface area contributed by atoms with Crippen molar-refractivity contribution in [3.05, 3.63) is 60.7 Å². The molecule has 6 heteroatoms. The molecular weight excluding hydrogens is 372 g/mol. The number of methoxy groups -OCH3 is 1. The van der Waals surface area contributed by atoms with Crippen LogP contribution in [-0.2, 0) is 9.47 Å². The van der Waals surface area contributed by atoms with E-state index in [4.69, 9.17) is 14.5 Å². The van der Waals surface area contributed by atoms with Crippen molar-refractivity contribution < 1.29 is 14.6 Å². The highest BCUT2D eigenvalue weighted by atomic mass is 32.2. The summed E-state index contributed by atoms with van der Waals surface area (Å²) in [5.74, 6) is 0.701. The summed E-state index contributed by atoms with van der Waals surface area (Å²) < 4.78 is 11.2. The van der Waals surface area contributed by atoms with Crippen LogP contribution in [0.3, 0.4) is 0 Å². The van der Waals surface area contributed by atoms with Crippen molar-refractivity contribution in [2.45, 2.75) is 36.5 Å². The van der Waals surface area contributed by atoms with E-state index < -0.39 is 0 Å². The predicted molar refractivity (Wildman–Crippen MR) is 111 cm³/mol. The number of nitrogens with zero attached hydrogens (tertiary/aromatic N) is 1. The quantitative estimate of drug-likeness (QED) is 0.607. The van der Waals surface area contributed by atoms with Crippen molar-refractivity contribution in [1.82, 2.24) is 9.97 Å². The molecule has 2 aromatic carbocycles. The Balaban J connectivity index is 1.56. The molecule has 5 nitrogen and oxygen atoms in total. The van der Waals surface area contributed by atoms with Gasteiger partial charge in [0.2, 0.25) is 0 Å². The highest BCUT2D eigenvalue weighted by Gasteiger charge is 2.28. The lowest BCUT2D eigenvalue weighted by atomic mass is 10.1. The van der Waals surface area contributed by atoms with Gasteiger partial charge in [-0.1, -0.05) is 72.4 Å². The van der Waals surface area contributed by atoms with Crippen LogP contribution in [0, 0.1) is 0 Å². The zero-order chi connectivity index (χ0) is 19.3. The van der Waals surface area contributed by atoms with Gasteiger partial charge in [-0.25, -0.2) is 4.98 Å². The Morgan fingerprint density at radius 3 is 2.43 bits per heavy atom. The Morgan fingerprint density at radius 2 is 1.75 bits per heavy atom. The van der Waals surface area contributed by atoms with Gasteiger partial charge in [-0.15, -0.1) is 0 Å². The van der Waals surface area contributed by atoms with E-state index in [0.29, 0.717) is 18.6 Å². The van der Waals surface area contributed by atoms with Crippen LogP contribution in [0.5, 0.6) is 0 Å². The van der Waals surface area contributed by atoms with Crippen LogP contribution in [0.1, 0.15) is 12.8 Å². The number of aromatic nitrogens is 2.